The SMILES string of the molecule is O=C1Nc2ccccc2C1C=Nc1ccc(N2CCOCC2)cc1. The van der Waals surface area contributed by atoms with Crippen molar-refractivity contribution in [2.24, 2.45) is 4.99 Å². The van der Waals surface area contributed by atoms with Crippen LogP contribution in [0.3, 0.4) is 0 Å². The number of aliphatic imine (C=N–C) groups is 1. The lowest BCUT2D eigenvalue weighted by atomic mass is 10.0. The van der Waals surface area contributed by atoms with E-state index in [0.717, 1.165) is 43.2 Å². The molecule has 24 heavy (non-hydrogen) atoms. The van der Waals surface area contributed by atoms with Gasteiger partial charge in [0.2, 0.25) is 5.91 Å². The number of hydrogen-bond donors (Lipinski definition) is 1. The number of para-hydroxylation sites is 1. The first kappa shape index (κ1) is 14.9. The summed E-state index contributed by atoms with van der Waals surface area (Å²) in [6.07, 6.45) is 1.73. The van der Waals surface area contributed by atoms with Crippen molar-refractivity contribution in [2.75, 3.05) is 36.5 Å². The zero-order chi connectivity index (χ0) is 16.4. The molecular weight excluding hydrogens is 302 g/mol. The van der Waals surface area contributed by atoms with Gasteiger partial charge in [0.25, 0.3) is 0 Å². The van der Waals surface area contributed by atoms with Crippen LogP contribution in [0.2, 0.25) is 0 Å². The first-order chi connectivity index (χ1) is 11.8. The van der Waals surface area contributed by atoms with Crippen molar-refractivity contribution >= 4 is 29.2 Å². The van der Waals surface area contributed by atoms with E-state index in [1.165, 1.54) is 5.69 Å². The van der Waals surface area contributed by atoms with E-state index in [2.05, 4.69) is 27.3 Å². The third kappa shape index (κ3) is 2.90. The van der Waals surface area contributed by atoms with E-state index in [1.54, 1.807) is 6.21 Å². The molecule has 0 radical (unpaired) electrons. The van der Waals surface area contributed by atoms with Gasteiger partial charge in [0.1, 0.15) is 5.92 Å². The Balaban J connectivity index is 1.49. The van der Waals surface area contributed by atoms with Crippen LogP contribution in [0.25, 0.3) is 0 Å². The molecule has 5 nitrogen and oxygen atoms in total. The van der Waals surface area contributed by atoms with Crippen molar-refractivity contribution in [3.05, 3.63) is 54.1 Å². The zero-order valence-electron chi connectivity index (χ0n) is 13.3. The molecule has 5 heteroatoms. The van der Waals surface area contributed by atoms with Crippen molar-refractivity contribution in [3.63, 3.8) is 0 Å². The number of carbonyl (C=O) groups excluding carboxylic acids is 1. The second kappa shape index (κ2) is 6.45. The van der Waals surface area contributed by atoms with Gasteiger partial charge in [-0.1, -0.05) is 18.2 Å². The van der Waals surface area contributed by atoms with Crippen molar-refractivity contribution in [2.45, 2.75) is 5.92 Å². The molecule has 4 rings (SSSR count). The molecule has 1 fully saturated rings. The largest absolute Gasteiger partial charge is 0.378 e. The second-order valence-corrected chi connectivity index (χ2v) is 5.95. The van der Waals surface area contributed by atoms with Crippen LogP contribution >= 0.6 is 0 Å². The number of amides is 1. The van der Waals surface area contributed by atoms with Crippen LogP contribution in [0.15, 0.2) is 53.5 Å². The van der Waals surface area contributed by atoms with E-state index in [1.807, 2.05) is 36.4 Å². The summed E-state index contributed by atoms with van der Waals surface area (Å²) in [7, 11) is 0. The summed E-state index contributed by atoms with van der Waals surface area (Å²) in [5.74, 6) is -0.343. The lowest BCUT2D eigenvalue weighted by molar-refractivity contribution is -0.115. The molecule has 0 spiro atoms. The van der Waals surface area contributed by atoms with E-state index in [-0.39, 0.29) is 11.8 Å². The topological polar surface area (TPSA) is 53.9 Å². The molecule has 1 atom stereocenters. The highest BCUT2D eigenvalue weighted by atomic mass is 16.5. The molecule has 122 valence electrons. The number of benzene rings is 2. The Morgan fingerprint density at radius 1 is 1.08 bits per heavy atom. The summed E-state index contributed by atoms with van der Waals surface area (Å²) in [4.78, 5) is 18.9. The maximum atomic E-state index is 12.1. The number of morpholine rings is 1. The highest BCUT2D eigenvalue weighted by Gasteiger charge is 2.28. The number of fused-ring (bicyclic) bond motifs is 1. The predicted octanol–water partition coefficient (Wildman–Crippen LogP) is 2.96. The molecule has 1 amide bonds. The van der Waals surface area contributed by atoms with Gasteiger partial charge in [-0.25, -0.2) is 0 Å². The third-order valence-electron chi connectivity index (χ3n) is 4.43. The van der Waals surface area contributed by atoms with Gasteiger partial charge in [-0.15, -0.1) is 0 Å². The van der Waals surface area contributed by atoms with Crippen LogP contribution in [-0.4, -0.2) is 38.4 Å². The first-order valence-corrected chi connectivity index (χ1v) is 8.18. The van der Waals surface area contributed by atoms with Crippen LogP contribution in [-0.2, 0) is 9.53 Å². The molecule has 1 unspecified atom stereocenters. The standard InChI is InChI=1S/C19H19N3O2/c23-19-17(16-3-1-2-4-18(16)21-19)13-20-14-5-7-15(8-6-14)22-9-11-24-12-10-22/h1-8,13,17H,9-12H2,(H,21,23). The summed E-state index contributed by atoms with van der Waals surface area (Å²) >= 11 is 0. The highest BCUT2D eigenvalue weighted by molar-refractivity contribution is 6.12. The van der Waals surface area contributed by atoms with Gasteiger partial charge in [-0.2, -0.15) is 0 Å². The van der Waals surface area contributed by atoms with Crippen LogP contribution in [0.5, 0.6) is 0 Å². The summed E-state index contributed by atoms with van der Waals surface area (Å²) in [5.41, 5.74) is 3.89. The Morgan fingerprint density at radius 3 is 2.62 bits per heavy atom. The Morgan fingerprint density at radius 2 is 1.83 bits per heavy atom. The predicted molar refractivity (Wildman–Crippen MR) is 95.4 cm³/mol. The van der Waals surface area contributed by atoms with E-state index in [0.29, 0.717) is 0 Å². The summed E-state index contributed by atoms with van der Waals surface area (Å²) in [5, 5.41) is 2.89. The van der Waals surface area contributed by atoms with Gasteiger partial charge in [0.15, 0.2) is 0 Å². The minimum atomic E-state index is -0.319. The van der Waals surface area contributed by atoms with E-state index < -0.39 is 0 Å². The summed E-state index contributed by atoms with van der Waals surface area (Å²) in [6.45, 7) is 3.38. The van der Waals surface area contributed by atoms with Crippen molar-refractivity contribution in [1.29, 1.82) is 0 Å². The molecule has 0 saturated carbocycles. The molecule has 2 aliphatic heterocycles. The summed E-state index contributed by atoms with van der Waals surface area (Å²) < 4.78 is 5.38. The fourth-order valence-corrected chi connectivity index (χ4v) is 3.11. The Labute approximate surface area is 141 Å². The Bertz CT molecular complexity index is 764. The highest BCUT2D eigenvalue weighted by Crippen LogP contribution is 2.31. The minimum Gasteiger partial charge on any atom is -0.378 e. The van der Waals surface area contributed by atoms with Gasteiger partial charge >= 0.3 is 0 Å². The van der Waals surface area contributed by atoms with Gasteiger partial charge < -0.3 is 15.0 Å². The quantitative estimate of drug-likeness (QED) is 0.884. The number of rotatable bonds is 3. The number of nitrogens with one attached hydrogen (secondary N) is 1. The number of nitrogens with zero attached hydrogens (tertiary/aromatic N) is 2. The van der Waals surface area contributed by atoms with Crippen LogP contribution in [0.1, 0.15) is 11.5 Å². The average molecular weight is 321 g/mol. The van der Waals surface area contributed by atoms with Gasteiger partial charge in [-0.05, 0) is 35.9 Å². The smallest absolute Gasteiger partial charge is 0.237 e. The number of carbonyl (C=O) groups is 1. The van der Waals surface area contributed by atoms with Crippen LogP contribution in [0, 0.1) is 0 Å². The minimum absolute atomic E-state index is 0.0233. The van der Waals surface area contributed by atoms with Crippen molar-refractivity contribution < 1.29 is 9.53 Å². The maximum Gasteiger partial charge on any atom is 0.237 e. The van der Waals surface area contributed by atoms with E-state index in [4.69, 9.17) is 4.74 Å². The fourth-order valence-electron chi connectivity index (χ4n) is 3.11. The van der Waals surface area contributed by atoms with E-state index >= 15 is 0 Å². The van der Waals surface area contributed by atoms with Gasteiger partial charge in [0.05, 0.1) is 18.9 Å². The third-order valence-corrected chi connectivity index (χ3v) is 4.43. The average Bonchev–Trinajstić information content (AvgIpc) is 2.96. The Kier molecular flexibility index (Phi) is 4.01. The maximum absolute atomic E-state index is 12.1. The number of anilines is 2. The summed E-state index contributed by atoms with van der Waals surface area (Å²) in [6, 6.07) is 15.9. The molecule has 2 aromatic rings. The number of hydrogen-bond acceptors (Lipinski definition) is 4. The van der Waals surface area contributed by atoms with E-state index in [9.17, 15) is 4.79 Å². The molecule has 0 bridgehead atoms. The number of ether oxygens (including phenoxy) is 1. The first-order valence-electron chi connectivity index (χ1n) is 8.18. The second-order valence-electron chi connectivity index (χ2n) is 5.95. The monoisotopic (exact) mass is 321 g/mol. The van der Waals surface area contributed by atoms with Crippen LogP contribution < -0.4 is 10.2 Å². The molecule has 2 aromatic carbocycles. The van der Waals surface area contributed by atoms with Gasteiger partial charge in [-0.3, -0.25) is 9.79 Å². The normalized spacial score (nSPS) is 20.2. The Hall–Kier alpha value is -2.66. The molecular formula is C19H19N3O2. The molecule has 1 N–H and O–H groups in total. The van der Waals surface area contributed by atoms with Crippen LogP contribution in [0.4, 0.5) is 17.1 Å². The van der Waals surface area contributed by atoms with Crippen molar-refractivity contribution in [3.8, 4) is 0 Å². The molecule has 0 aromatic heterocycles. The molecule has 0 aliphatic carbocycles. The lowest BCUT2D eigenvalue weighted by Crippen LogP contribution is -2.36. The zero-order valence-corrected chi connectivity index (χ0v) is 13.3. The van der Waals surface area contributed by atoms with Crippen molar-refractivity contribution in [1.82, 2.24) is 0 Å². The molecule has 1 saturated heterocycles. The fraction of sp³-hybridized carbons (Fsp3) is 0.263. The lowest BCUT2D eigenvalue weighted by Gasteiger charge is -2.28. The van der Waals surface area contributed by atoms with Gasteiger partial charge in [0, 0.05) is 30.7 Å². The molecule has 2 heterocycles. The molecule has 2 aliphatic rings.